The molecule has 3 amide bonds. The van der Waals surface area contributed by atoms with Crippen molar-refractivity contribution in [2.75, 3.05) is 0 Å². The van der Waals surface area contributed by atoms with Gasteiger partial charge in [0.2, 0.25) is 17.7 Å². The van der Waals surface area contributed by atoms with Gasteiger partial charge in [-0.25, -0.2) is 9.78 Å². The molecule has 0 aliphatic heterocycles. The minimum Gasteiger partial charge on any atom is -0.481 e. The van der Waals surface area contributed by atoms with Gasteiger partial charge >= 0.3 is 11.9 Å². The van der Waals surface area contributed by atoms with Crippen LogP contribution in [-0.4, -0.2) is 74.0 Å². The topological polar surface area (TPSA) is 217 Å². The molecule has 0 saturated heterocycles. The Labute approximate surface area is 226 Å². The van der Waals surface area contributed by atoms with E-state index in [0.717, 1.165) is 0 Å². The van der Waals surface area contributed by atoms with Crippen LogP contribution in [0.1, 0.15) is 44.4 Å². The normalized spacial score (nSPS) is 14.1. The summed E-state index contributed by atoms with van der Waals surface area (Å²) in [6.07, 6.45) is 2.67. The maximum Gasteiger partial charge on any atom is 0.326 e. The summed E-state index contributed by atoms with van der Waals surface area (Å²) in [6, 6.07) is 4.14. The molecule has 8 N–H and O–H groups in total. The number of hydrogen-bond acceptors (Lipinski definition) is 7. The zero-order chi connectivity index (χ0) is 28.9. The Balaban J connectivity index is 2.19. The Morgan fingerprint density at radius 3 is 2.08 bits per heavy atom. The number of aromatic amines is 1. The van der Waals surface area contributed by atoms with E-state index in [4.69, 9.17) is 10.8 Å². The van der Waals surface area contributed by atoms with Gasteiger partial charge in [0.1, 0.15) is 18.1 Å². The lowest BCUT2D eigenvalue weighted by molar-refractivity contribution is -0.143. The van der Waals surface area contributed by atoms with Crippen molar-refractivity contribution in [3.05, 3.63) is 54.1 Å². The van der Waals surface area contributed by atoms with Crippen molar-refractivity contribution in [1.29, 1.82) is 0 Å². The van der Waals surface area contributed by atoms with Crippen molar-refractivity contribution in [3.63, 3.8) is 0 Å². The Morgan fingerprint density at radius 1 is 0.897 bits per heavy atom. The lowest BCUT2D eigenvalue weighted by Crippen LogP contribution is -2.58. The van der Waals surface area contributed by atoms with E-state index in [1.54, 1.807) is 36.5 Å². The Morgan fingerprint density at radius 2 is 1.51 bits per heavy atom. The van der Waals surface area contributed by atoms with Crippen molar-refractivity contribution in [2.45, 2.75) is 70.1 Å². The van der Waals surface area contributed by atoms with Crippen LogP contribution >= 0.6 is 0 Å². The highest BCUT2D eigenvalue weighted by Crippen LogP contribution is 2.10. The van der Waals surface area contributed by atoms with Crippen molar-refractivity contribution >= 4 is 29.7 Å². The first-order valence-corrected chi connectivity index (χ1v) is 12.6. The van der Waals surface area contributed by atoms with E-state index in [1.807, 2.05) is 13.8 Å². The van der Waals surface area contributed by atoms with Crippen LogP contribution in [0.25, 0.3) is 0 Å². The first-order chi connectivity index (χ1) is 18.5. The first-order valence-electron chi connectivity index (χ1n) is 12.6. The van der Waals surface area contributed by atoms with Crippen LogP contribution in [0.2, 0.25) is 0 Å². The number of carboxylic acid groups (broad SMARTS) is 2. The highest BCUT2D eigenvalue weighted by molar-refractivity contribution is 5.94. The van der Waals surface area contributed by atoms with Gasteiger partial charge < -0.3 is 36.9 Å². The molecular formula is C26H36N6O7. The molecule has 0 aliphatic rings. The van der Waals surface area contributed by atoms with Crippen LogP contribution in [0, 0.1) is 5.92 Å². The highest BCUT2D eigenvalue weighted by atomic mass is 16.4. The molecule has 0 bridgehead atoms. The lowest BCUT2D eigenvalue weighted by Gasteiger charge is -2.26. The van der Waals surface area contributed by atoms with Crippen LogP contribution in [0.5, 0.6) is 0 Å². The van der Waals surface area contributed by atoms with Crippen LogP contribution in [0.15, 0.2) is 42.9 Å². The number of aliphatic carboxylic acids is 2. The summed E-state index contributed by atoms with van der Waals surface area (Å²) in [4.78, 5) is 68.5. The fraction of sp³-hybridized carbons (Fsp3) is 0.462. The molecule has 0 fully saturated rings. The zero-order valence-corrected chi connectivity index (χ0v) is 21.9. The van der Waals surface area contributed by atoms with Crippen LogP contribution < -0.4 is 21.7 Å². The summed E-state index contributed by atoms with van der Waals surface area (Å²) in [5.41, 5.74) is 7.37. The molecule has 0 aliphatic carbocycles. The molecule has 4 unspecified atom stereocenters. The monoisotopic (exact) mass is 544 g/mol. The number of carbonyl (C=O) groups excluding carboxylic acids is 3. The Hall–Kier alpha value is -4.26. The van der Waals surface area contributed by atoms with E-state index in [0.29, 0.717) is 11.3 Å². The average molecular weight is 545 g/mol. The van der Waals surface area contributed by atoms with Crippen LogP contribution in [0.4, 0.5) is 0 Å². The minimum atomic E-state index is -1.46. The van der Waals surface area contributed by atoms with Crippen molar-refractivity contribution in [2.24, 2.45) is 11.7 Å². The Bertz CT molecular complexity index is 1110. The molecular weight excluding hydrogens is 508 g/mol. The molecule has 13 heteroatoms. The third kappa shape index (κ3) is 10.9. The van der Waals surface area contributed by atoms with Gasteiger partial charge in [-0.3, -0.25) is 19.2 Å². The fourth-order valence-corrected chi connectivity index (χ4v) is 3.84. The maximum absolute atomic E-state index is 13.3. The summed E-state index contributed by atoms with van der Waals surface area (Å²) in [5, 5.41) is 26.0. The van der Waals surface area contributed by atoms with Gasteiger partial charge in [-0.15, -0.1) is 0 Å². The van der Waals surface area contributed by atoms with Gasteiger partial charge in [0.05, 0.1) is 12.4 Å². The van der Waals surface area contributed by atoms with Crippen molar-refractivity contribution in [3.8, 4) is 0 Å². The van der Waals surface area contributed by atoms with E-state index in [-0.39, 0.29) is 31.6 Å². The van der Waals surface area contributed by atoms with E-state index < -0.39 is 60.2 Å². The second-order valence-corrected chi connectivity index (χ2v) is 9.66. The molecule has 13 nitrogen and oxygen atoms in total. The predicted molar refractivity (Wildman–Crippen MR) is 140 cm³/mol. The number of amides is 3. The van der Waals surface area contributed by atoms with Gasteiger partial charge in [-0.05, 0) is 24.3 Å². The van der Waals surface area contributed by atoms with Gasteiger partial charge in [-0.2, -0.15) is 0 Å². The molecule has 2 aromatic rings. The number of hydrogen-bond donors (Lipinski definition) is 7. The molecule has 1 aromatic carbocycles. The number of aromatic nitrogens is 2. The van der Waals surface area contributed by atoms with Gasteiger partial charge in [0.25, 0.3) is 0 Å². The molecule has 0 saturated carbocycles. The smallest absolute Gasteiger partial charge is 0.326 e. The second kappa shape index (κ2) is 15.2. The molecule has 39 heavy (non-hydrogen) atoms. The third-order valence-electron chi connectivity index (χ3n) is 5.85. The summed E-state index contributed by atoms with van der Waals surface area (Å²) >= 11 is 0. The number of nitrogens with one attached hydrogen (secondary N) is 4. The molecule has 0 spiro atoms. The second-order valence-electron chi connectivity index (χ2n) is 9.66. The number of carbonyl (C=O) groups is 5. The van der Waals surface area contributed by atoms with E-state index in [2.05, 4.69) is 25.9 Å². The summed E-state index contributed by atoms with van der Waals surface area (Å²) in [7, 11) is 0. The van der Waals surface area contributed by atoms with Gasteiger partial charge in [0, 0.05) is 31.2 Å². The first kappa shape index (κ1) is 31.0. The van der Waals surface area contributed by atoms with Gasteiger partial charge in [0.15, 0.2) is 0 Å². The number of imidazole rings is 1. The van der Waals surface area contributed by atoms with Crippen molar-refractivity contribution < 1.29 is 34.2 Å². The average Bonchev–Trinajstić information content (AvgIpc) is 3.38. The predicted octanol–water partition coefficient (Wildman–Crippen LogP) is -0.0279. The number of nitrogens with two attached hydrogens (primary N) is 1. The summed E-state index contributed by atoms with van der Waals surface area (Å²) in [6.45, 7) is 3.73. The van der Waals surface area contributed by atoms with Crippen LogP contribution in [0.3, 0.4) is 0 Å². The number of H-pyrrole nitrogens is 1. The number of rotatable bonds is 16. The van der Waals surface area contributed by atoms with E-state index in [1.165, 1.54) is 6.33 Å². The minimum absolute atomic E-state index is 0.00121. The Kier molecular flexibility index (Phi) is 12.1. The maximum atomic E-state index is 13.3. The third-order valence-corrected chi connectivity index (χ3v) is 5.85. The largest absolute Gasteiger partial charge is 0.481 e. The molecule has 212 valence electrons. The van der Waals surface area contributed by atoms with Crippen molar-refractivity contribution in [1.82, 2.24) is 25.9 Å². The fourth-order valence-electron chi connectivity index (χ4n) is 3.84. The summed E-state index contributed by atoms with van der Waals surface area (Å²) in [5.74, 6) is -4.60. The van der Waals surface area contributed by atoms with E-state index in [9.17, 15) is 29.1 Å². The number of benzene rings is 1. The highest BCUT2D eigenvalue weighted by Gasteiger charge is 2.31. The SMILES string of the molecule is CC(C)CC(NC(=O)C(N)Cc1cnc[nH]1)C(=O)NC(Cc1ccccc1)C(=O)NC(CCC(=O)O)C(=O)O. The molecule has 2 rings (SSSR count). The molecule has 4 atom stereocenters. The summed E-state index contributed by atoms with van der Waals surface area (Å²) < 4.78 is 0. The quantitative estimate of drug-likeness (QED) is 0.151. The number of nitrogens with zero attached hydrogens (tertiary/aromatic N) is 1. The van der Waals surface area contributed by atoms with Gasteiger partial charge in [-0.1, -0.05) is 44.2 Å². The standard InChI is InChI=1S/C26H36N6O7/c1-15(2)10-20(31-23(35)18(27)12-17-13-28-14-29-17)24(36)32-21(11-16-6-4-3-5-7-16)25(37)30-19(26(38)39)8-9-22(33)34/h3-7,13-15,18-21H,8-12,27H2,1-2H3,(H,28,29)(H,30,37)(H,31,35)(H,32,36)(H,33,34)(H,38,39). The molecule has 1 heterocycles. The van der Waals surface area contributed by atoms with E-state index >= 15 is 0 Å². The number of carboxylic acids is 2. The lowest BCUT2D eigenvalue weighted by atomic mass is 10.00. The molecule has 1 aromatic heterocycles. The van der Waals surface area contributed by atoms with Crippen LogP contribution in [-0.2, 0) is 36.8 Å². The molecule has 0 radical (unpaired) electrons. The zero-order valence-electron chi connectivity index (χ0n) is 21.9.